The summed E-state index contributed by atoms with van der Waals surface area (Å²) in [4.78, 5) is 9.84. The van der Waals surface area contributed by atoms with Gasteiger partial charge in [0.25, 0.3) is 0 Å². The summed E-state index contributed by atoms with van der Waals surface area (Å²) in [7, 11) is 0. The predicted molar refractivity (Wildman–Crippen MR) is 101 cm³/mol. The highest BCUT2D eigenvalue weighted by atomic mass is 35.5. The summed E-state index contributed by atoms with van der Waals surface area (Å²) in [5.74, 6) is 0.0380. The SMILES string of the molecule is CCN(c1nc(Nc2ccc(Cl)cc2)ncc1C(F)(F)F)C1CCNCC1. The first-order valence-corrected chi connectivity index (χ1v) is 9.20. The Morgan fingerprint density at radius 1 is 1.22 bits per heavy atom. The number of nitrogens with zero attached hydrogens (tertiary/aromatic N) is 3. The first kappa shape index (κ1) is 19.7. The van der Waals surface area contributed by atoms with E-state index in [1.54, 1.807) is 29.2 Å². The van der Waals surface area contributed by atoms with Crippen LogP contribution in [-0.4, -0.2) is 35.6 Å². The van der Waals surface area contributed by atoms with Gasteiger partial charge in [-0.3, -0.25) is 0 Å². The number of halogens is 4. The van der Waals surface area contributed by atoms with Crippen LogP contribution in [0.5, 0.6) is 0 Å². The molecule has 0 bridgehead atoms. The van der Waals surface area contributed by atoms with E-state index in [1.807, 2.05) is 6.92 Å². The highest BCUT2D eigenvalue weighted by Crippen LogP contribution is 2.37. The van der Waals surface area contributed by atoms with Crippen LogP contribution in [0.15, 0.2) is 30.5 Å². The minimum absolute atomic E-state index is 0.00984. The summed E-state index contributed by atoms with van der Waals surface area (Å²) in [6, 6.07) is 6.81. The standard InChI is InChI=1S/C18H21ClF3N5/c1-2-27(14-7-9-23-10-8-14)16-15(18(20,21)22)11-24-17(26-16)25-13-5-3-12(19)4-6-13/h3-6,11,14,23H,2,7-10H2,1H3,(H,24,25,26). The number of anilines is 3. The maximum Gasteiger partial charge on any atom is 0.421 e. The number of aromatic nitrogens is 2. The minimum atomic E-state index is -4.52. The van der Waals surface area contributed by atoms with E-state index in [-0.39, 0.29) is 17.8 Å². The maximum absolute atomic E-state index is 13.6. The summed E-state index contributed by atoms with van der Waals surface area (Å²) < 4.78 is 40.7. The molecule has 0 amide bonds. The van der Waals surface area contributed by atoms with Gasteiger partial charge >= 0.3 is 6.18 Å². The smallest absolute Gasteiger partial charge is 0.353 e. The van der Waals surface area contributed by atoms with E-state index in [0.717, 1.165) is 32.1 Å². The Morgan fingerprint density at radius 2 is 1.89 bits per heavy atom. The predicted octanol–water partition coefficient (Wildman–Crippen LogP) is 4.47. The molecule has 3 rings (SSSR count). The zero-order valence-electron chi connectivity index (χ0n) is 14.9. The molecule has 1 fully saturated rings. The largest absolute Gasteiger partial charge is 0.421 e. The second-order valence-corrected chi connectivity index (χ2v) is 6.76. The van der Waals surface area contributed by atoms with Crippen LogP contribution in [-0.2, 0) is 6.18 Å². The molecule has 1 aromatic heterocycles. The van der Waals surface area contributed by atoms with Gasteiger partial charge in [0.1, 0.15) is 11.4 Å². The summed E-state index contributed by atoms with van der Waals surface area (Å²) in [5.41, 5.74) is -0.167. The average Bonchev–Trinajstić information content (AvgIpc) is 2.64. The number of nitrogens with one attached hydrogen (secondary N) is 2. The van der Waals surface area contributed by atoms with Crippen molar-refractivity contribution in [3.63, 3.8) is 0 Å². The van der Waals surface area contributed by atoms with E-state index in [0.29, 0.717) is 17.3 Å². The van der Waals surface area contributed by atoms with Crippen molar-refractivity contribution in [1.29, 1.82) is 0 Å². The minimum Gasteiger partial charge on any atom is -0.353 e. The molecule has 0 atom stereocenters. The first-order valence-electron chi connectivity index (χ1n) is 8.82. The highest BCUT2D eigenvalue weighted by molar-refractivity contribution is 6.30. The number of rotatable bonds is 5. The van der Waals surface area contributed by atoms with Gasteiger partial charge in [0, 0.05) is 29.5 Å². The lowest BCUT2D eigenvalue weighted by Gasteiger charge is -2.36. The maximum atomic E-state index is 13.6. The Morgan fingerprint density at radius 3 is 2.48 bits per heavy atom. The van der Waals surface area contributed by atoms with Crippen molar-refractivity contribution in [3.05, 3.63) is 41.0 Å². The zero-order chi connectivity index (χ0) is 19.4. The molecule has 2 aromatic rings. The second kappa shape index (κ2) is 8.31. The van der Waals surface area contributed by atoms with Crippen molar-refractivity contribution in [3.8, 4) is 0 Å². The quantitative estimate of drug-likeness (QED) is 0.776. The molecular weight excluding hydrogens is 379 g/mol. The van der Waals surface area contributed by atoms with E-state index >= 15 is 0 Å². The topological polar surface area (TPSA) is 53.1 Å². The van der Waals surface area contributed by atoms with Gasteiger partial charge in [-0.1, -0.05) is 11.6 Å². The molecule has 0 aliphatic carbocycles. The van der Waals surface area contributed by atoms with Crippen LogP contribution in [0.2, 0.25) is 5.02 Å². The zero-order valence-corrected chi connectivity index (χ0v) is 15.6. The molecule has 1 aliphatic heterocycles. The molecule has 2 heterocycles. The van der Waals surface area contributed by atoms with Gasteiger partial charge in [0.2, 0.25) is 5.95 Å². The molecule has 0 unspecified atom stereocenters. The third-order valence-corrected chi connectivity index (χ3v) is 4.79. The van der Waals surface area contributed by atoms with Crippen molar-refractivity contribution in [2.24, 2.45) is 0 Å². The van der Waals surface area contributed by atoms with E-state index < -0.39 is 11.7 Å². The lowest BCUT2D eigenvalue weighted by molar-refractivity contribution is -0.137. The van der Waals surface area contributed by atoms with Crippen molar-refractivity contribution in [1.82, 2.24) is 15.3 Å². The van der Waals surface area contributed by atoms with Crippen LogP contribution < -0.4 is 15.5 Å². The molecular formula is C18H21ClF3N5. The Balaban J connectivity index is 1.95. The summed E-state index contributed by atoms with van der Waals surface area (Å²) in [6.07, 6.45) is -2.12. The van der Waals surface area contributed by atoms with E-state index in [4.69, 9.17) is 11.6 Å². The van der Waals surface area contributed by atoms with Crippen LogP contribution in [0.25, 0.3) is 0 Å². The second-order valence-electron chi connectivity index (χ2n) is 6.33. The summed E-state index contributed by atoms with van der Waals surface area (Å²) >= 11 is 5.86. The fourth-order valence-electron chi connectivity index (χ4n) is 3.21. The van der Waals surface area contributed by atoms with Gasteiger partial charge in [0.05, 0.1) is 0 Å². The highest BCUT2D eigenvalue weighted by Gasteiger charge is 2.38. The van der Waals surface area contributed by atoms with Crippen molar-refractivity contribution in [2.75, 3.05) is 29.9 Å². The molecule has 146 valence electrons. The lowest BCUT2D eigenvalue weighted by Crippen LogP contribution is -2.44. The molecule has 2 N–H and O–H groups in total. The van der Waals surface area contributed by atoms with Crippen LogP contribution >= 0.6 is 11.6 Å². The van der Waals surface area contributed by atoms with Crippen LogP contribution in [0, 0.1) is 0 Å². The van der Waals surface area contributed by atoms with Gasteiger partial charge < -0.3 is 15.5 Å². The van der Waals surface area contributed by atoms with Crippen molar-refractivity contribution >= 4 is 29.1 Å². The molecule has 1 aliphatic rings. The van der Waals surface area contributed by atoms with Crippen molar-refractivity contribution < 1.29 is 13.2 Å². The number of alkyl halides is 3. The summed E-state index contributed by atoms with van der Waals surface area (Å²) in [6.45, 7) is 3.84. The van der Waals surface area contributed by atoms with Gasteiger partial charge in [-0.2, -0.15) is 18.2 Å². The number of hydrogen-bond donors (Lipinski definition) is 2. The fraction of sp³-hybridized carbons (Fsp3) is 0.444. The van der Waals surface area contributed by atoms with Crippen molar-refractivity contribution in [2.45, 2.75) is 32.0 Å². The Bertz CT molecular complexity index is 761. The number of benzene rings is 1. The normalized spacial score (nSPS) is 15.6. The molecule has 9 heteroatoms. The molecule has 0 saturated carbocycles. The third kappa shape index (κ3) is 4.81. The molecule has 1 aromatic carbocycles. The van der Waals surface area contributed by atoms with E-state index in [2.05, 4.69) is 20.6 Å². The van der Waals surface area contributed by atoms with Crippen LogP contribution in [0.1, 0.15) is 25.3 Å². The van der Waals surface area contributed by atoms with Crippen LogP contribution in [0.4, 0.5) is 30.6 Å². The lowest BCUT2D eigenvalue weighted by atomic mass is 10.0. The molecule has 0 spiro atoms. The molecule has 5 nitrogen and oxygen atoms in total. The number of piperidine rings is 1. The molecule has 0 radical (unpaired) electrons. The van der Waals surface area contributed by atoms with Gasteiger partial charge in [-0.25, -0.2) is 4.98 Å². The van der Waals surface area contributed by atoms with Gasteiger partial charge in [-0.15, -0.1) is 0 Å². The van der Waals surface area contributed by atoms with Crippen LogP contribution in [0.3, 0.4) is 0 Å². The fourth-order valence-corrected chi connectivity index (χ4v) is 3.34. The molecule has 1 saturated heterocycles. The first-order chi connectivity index (χ1) is 12.9. The third-order valence-electron chi connectivity index (χ3n) is 4.54. The number of hydrogen-bond acceptors (Lipinski definition) is 5. The van der Waals surface area contributed by atoms with Gasteiger partial charge in [-0.05, 0) is 57.1 Å². The van der Waals surface area contributed by atoms with E-state index in [9.17, 15) is 13.2 Å². The van der Waals surface area contributed by atoms with E-state index in [1.165, 1.54) is 0 Å². The Labute approximate surface area is 161 Å². The Hall–Kier alpha value is -2.06. The van der Waals surface area contributed by atoms with Gasteiger partial charge in [0.15, 0.2) is 0 Å². The molecule has 27 heavy (non-hydrogen) atoms. The Kier molecular flexibility index (Phi) is 6.06. The monoisotopic (exact) mass is 399 g/mol. The summed E-state index contributed by atoms with van der Waals surface area (Å²) in [5, 5.41) is 6.75. The average molecular weight is 400 g/mol.